The van der Waals surface area contributed by atoms with Crippen molar-refractivity contribution >= 4 is 29.0 Å². The van der Waals surface area contributed by atoms with Crippen LogP contribution in [0.15, 0.2) is 66.7 Å². The lowest BCUT2D eigenvalue weighted by Gasteiger charge is -2.41. The first-order chi connectivity index (χ1) is 17.2. The van der Waals surface area contributed by atoms with Gasteiger partial charge in [-0.2, -0.15) is 0 Å². The number of hydrogen-bond donors (Lipinski definition) is 2. The number of hydrogen-bond acceptors (Lipinski definition) is 5. The number of carbonyl (C=O) groups excluding carboxylic acids is 2. The largest absolute Gasteiger partial charge is 0.496 e. The molecule has 0 saturated carbocycles. The second kappa shape index (κ2) is 10.1. The summed E-state index contributed by atoms with van der Waals surface area (Å²) in [7, 11) is 1.55. The van der Waals surface area contributed by atoms with Crippen LogP contribution in [0.25, 0.3) is 0 Å². The molecular formula is C27H28N4O5. The fraction of sp³-hybridized carbons (Fsp3) is 0.259. The summed E-state index contributed by atoms with van der Waals surface area (Å²) < 4.78 is 5.31. The Bertz CT molecular complexity index is 1310. The van der Waals surface area contributed by atoms with Crippen LogP contribution in [0.4, 0.5) is 21.9 Å². The monoisotopic (exact) mass is 488 g/mol. The van der Waals surface area contributed by atoms with Crippen molar-refractivity contribution in [2.24, 2.45) is 0 Å². The number of rotatable bonds is 6. The van der Waals surface area contributed by atoms with Gasteiger partial charge in [-0.1, -0.05) is 55.5 Å². The third-order valence-electron chi connectivity index (χ3n) is 6.70. The number of urea groups is 1. The highest BCUT2D eigenvalue weighted by atomic mass is 16.6. The highest BCUT2D eigenvalue weighted by Gasteiger charge is 2.39. The molecule has 1 atom stereocenters. The number of nitro benzene ring substituents is 1. The maximum Gasteiger partial charge on any atom is 0.319 e. The van der Waals surface area contributed by atoms with Crippen molar-refractivity contribution in [3.05, 3.63) is 93.5 Å². The van der Waals surface area contributed by atoms with Crippen LogP contribution in [-0.4, -0.2) is 30.5 Å². The van der Waals surface area contributed by atoms with Gasteiger partial charge in [0.05, 0.1) is 17.7 Å². The molecule has 9 heteroatoms. The molecule has 3 amide bonds. The van der Waals surface area contributed by atoms with E-state index < -0.39 is 16.4 Å². The minimum absolute atomic E-state index is 0.0591. The molecule has 3 aromatic rings. The summed E-state index contributed by atoms with van der Waals surface area (Å²) in [4.78, 5) is 38.1. The minimum Gasteiger partial charge on any atom is -0.496 e. The van der Waals surface area contributed by atoms with Crippen molar-refractivity contribution in [3.8, 4) is 5.75 Å². The molecule has 0 spiro atoms. The van der Waals surface area contributed by atoms with E-state index >= 15 is 0 Å². The molecule has 0 radical (unpaired) electrons. The van der Waals surface area contributed by atoms with Gasteiger partial charge in [0.15, 0.2) is 0 Å². The predicted molar refractivity (Wildman–Crippen MR) is 137 cm³/mol. The molecule has 1 aliphatic heterocycles. The van der Waals surface area contributed by atoms with E-state index in [0.717, 1.165) is 16.7 Å². The standard InChI is InChI=1S/C27H28N4O5/c1-18(32)30-14-13-27(2,20-10-5-4-6-11-20)21-15-22(24(31(34)35)16-23(21)30)29-26(33)28-17-19-9-7-8-12-25(19)36-3/h4-12,15-16H,13-14,17H2,1-3H3,(H2,28,29,33). The fourth-order valence-electron chi connectivity index (χ4n) is 4.71. The summed E-state index contributed by atoms with van der Waals surface area (Å²) in [6, 6.07) is 19.5. The van der Waals surface area contributed by atoms with Crippen LogP contribution in [0.1, 0.15) is 37.0 Å². The van der Waals surface area contributed by atoms with Gasteiger partial charge in [-0.3, -0.25) is 14.9 Å². The van der Waals surface area contributed by atoms with Crippen LogP contribution < -0.4 is 20.3 Å². The second-order valence-electron chi connectivity index (χ2n) is 8.88. The van der Waals surface area contributed by atoms with Gasteiger partial charge in [0.2, 0.25) is 5.91 Å². The lowest BCUT2D eigenvalue weighted by molar-refractivity contribution is -0.383. The average molecular weight is 489 g/mol. The smallest absolute Gasteiger partial charge is 0.319 e. The second-order valence-corrected chi connectivity index (χ2v) is 8.88. The number of nitrogens with zero attached hydrogens (tertiary/aromatic N) is 2. The van der Waals surface area contributed by atoms with Crippen LogP contribution in [0.3, 0.4) is 0 Å². The van der Waals surface area contributed by atoms with Crippen molar-refractivity contribution in [2.75, 3.05) is 23.9 Å². The molecule has 1 heterocycles. The molecule has 1 unspecified atom stereocenters. The molecule has 0 aromatic heterocycles. The van der Waals surface area contributed by atoms with E-state index in [4.69, 9.17) is 4.74 Å². The number of nitro groups is 1. The third kappa shape index (κ3) is 4.72. The summed E-state index contributed by atoms with van der Waals surface area (Å²) >= 11 is 0. The lowest BCUT2D eigenvalue weighted by Crippen LogP contribution is -2.42. The van der Waals surface area contributed by atoms with Gasteiger partial charge in [0.25, 0.3) is 5.69 Å². The number of methoxy groups -OCH3 is 1. The molecule has 36 heavy (non-hydrogen) atoms. The number of para-hydroxylation sites is 1. The fourth-order valence-corrected chi connectivity index (χ4v) is 4.71. The van der Waals surface area contributed by atoms with Crippen molar-refractivity contribution < 1.29 is 19.2 Å². The molecule has 0 bridgehead atoms. The molecule has 2 N–H and O–H groups in total. The number of benzene rings is 3. The van der Waals surface area contributed by atoms with Crippen LogP contribution in [-0.2, 0) is 16.8 Å². The Kier molecular flexibility index (Phi) is 6.91. The van der Waals surface area contributed by atoms with Crippen LogP contribution in [0, 0.1) is 10.1 Å². The topological polar surface area (TPSA) is 114 Å². The van der Waals surface area contributed by atoms with E-state index in [9.17, 15) is 19.7 Å². The first kappa shape index (κ1) is 24.7. The summed E-state index contributed by atoms with van der Waals surface area (Å²) in [5, 5.41) is 17.4. The normalized spacial score (nSPS) is 16.6. The average Bonchev–Trinajstić information content (AvgIpc) is 2.88. The number of fused-ring (bicyclic) bond motifs is 1. The summed E-state index contributed by atoms with van der Waals surface area (Å²) in [5.74, 6) is 0.427. The quantitative estimate of drug-likeness (QED) is 0.375. The van der Waals surface area contributed by atoms with Gasteiger partial charge in [-0.25, -0.2) is 4.79 Å². The SMILES string of the molecule is COc1ccccc1CNC(=O)Nc1cc2c(cc1[N+](=O)[O-])N(C(C)=O)CCC2(C)c1ccccc1. The maximum atomic E-state index is 12.8. The summed E-state index contributed by atoms with van der Waals surface area (Å²) in [5.41, 5.74) is 2.27. The molecule has 0 saturated heterocycles. The van der Waals surface area contributed by atoms with Crippen molar-refractivity contribution in [2.45, 2.75) is 32.2 Å². The Morgan fingerprint density at radius 2 is 1.81 bits per heavy atom. The Balaban J connectivity index is 1.72. The van der Waals surface area contributed by atoms with E-state index in [-0.39, 0.29) is 23.8 Å². The first-order valence-corrected chi connectivity index (χ1v) is 11.6. The van der Waals surface area contributed by atoms with Gasteiger partial charge in [-0.15, -0.1) is 0 Å². The highest BCUT2D eigenvalue weighted by molar-refractivity contribution is 5.97. The van der Waals surface area contributed by atoms with Crippen molar-refractivity contribution in [1.29, 1.82) is 0 Å². The zero-order valence-corrected chi connectivity index (χ0v) is 20.4. The van der Waals surface area contributed by atoms with Crippen molar-refractivity contribution in [1.82, 2.24) is 5.32 Å². The number of ether oxygens (including phenoxy) is 1. The van der Waals surface area contributed by atoms with Crippen LogP contribution in [0.2, 0.25) is 0 Å². The maximum absolute atomic E-state index is 12.8. The van der Waals surface area contributed by atoms with Crippen LogP contribution in [0.5, 0.6) is 5.75 Å². The van der Waals surface area contributed by atoms with Gasteiger partial charge < -0.3 is 20.3 Å². The lowest BCUT2D eigenvalue weighted by atomic mass is 9.70. The zero-order chi connectivity index (χ0) is 25.9. The highest BCUT2D eigenvalue weighted by Crippen LogP contribution is 2.47. The Morgan fingerprint density at radius 3 is 2.47 bits per heavy atom. The molecule has 0 fully saturated rings. The Hall–Kier alpha value is -4.40. The van der Waals surface area contributed by atoms with Crippen LogP contribution >= 0.6 is 0 Å². The zero-order valence-electron chi connectivity index (χ0n) is 20.4. The number of nitrogens with one attached hydrogen (secondary N) is 2. The van der Waals surface area contributed by atoms with Gasteiger partial charge in [-0.05, 0) is 29.7 Å². The van der Waals surface area contributed by atoms with E-state index in [2.05, 4.69) is 17.6 Å². The van der Waals surface area contributed by atoms with E-state index in [1.165, 1.54) is 13.0 Å². The molecule has 0 aliphatic carbocycles. The summed E-state index contributed by atoms with van der Waals surface area (Å²) in [6.45, 7) is 4.10. The Morgan fingerprint density at radius 1 is 1.11 bits per heavy atom. The van der Waals surface area contributed by atoms with Gasteiger partial charge in [0.1, 0.15) is 11.4 Å². The van der Waals surface area contributed by atoms with Crippen molar-refractivity contribution in [3.63, 3.8) is 0 Å². The van der Waals surface area contributed by atoms with Gasteiger partial charge >= 0.3 is 6.03 Å². The Labute approximate surface area is 209 Å². The number of anilines is 2. The summed E-state index contributed by atoms with van der Waals surface area (Å²) in [6.07, 6.45) is 0.626. The third-order valence-corrected chi connectivity index (χ3v) is 6.70. The first-order valence-electron chi connectivity index (χ1n) is 11.6. The van der Waals surface area contributed by atoms with E-state index in [1.54, 1.807) is 24.1 Å². The molecule has 4 rings (SSSR count). The number of carbonyl (C=O) groups is 2. The predicted octanol–water partition coefficient (Wildman–Crippen LogP) is 4.99. The molecule has 1 aliphatic rings. The number of amides is 3. The van der Waals surface area contributed by atoms with E-state index in [0.29, 0.717) is 24.4 Å². The van der Waals surface area contributed by atoms with Gasteiger partial charge in [0, 0.05) is 37.1 Å². The minimum atomic E-state index is -0.593. The van der Waals surface area contributed by atoms with E-state index in [1.807, 2.05) is 48.5 Å². The molecule has 9 nitrogen and oxygen atoms in total. The molecular weight excluding hydrogens is 460 g/mol. The molecule has 3 aromatic carbocycles. The molecule has 186 valence electrons.